The van der Waals surface area contributed by atoms with Crippen LogP contribution in [0.5, 0.6) is 0 Å². The Hall–Kier alpha value is -1.22. The normalized spacial score (nSPS) is 9.86. The summed E-state index contributed by atoms with van der Waals surface area (Å²) in [5.74, 6) is -0.297. The lowest BCUT2D eigenvalue weighted by atomic mass is 10.4. The molecule has 0 aliphatic heterocycles. The molecule has 0 rings (SSSR count). The Morgan fingerprint density at radius 1 is 1.57 bits per heavy atom. The van der Waals surface area contributed by atoms with Crippen molar-refractivity contribution in [3.63, 3.8) is 0 Å². The van der Waals surface area contributed by atoms with Crippen LogP contribution in [-0.4, -0.2) is 32.1 Å². The Bertz CT molecular complexity index is 204. The Balaban J connectivity index is 3.23. The molecule has 80 valence electrons. The zero-order valence-corrected chi connectivity index (χ0v) is 7.63. The lowest BCUT2D eigenvalue weighted by Gasteiger charge is -2.03. The number of carbonyl (C=O) groups excluding carboxylic acids is 1. The van der Waals surface area contributed by atoms with E-state index in [1.807, 2.05) is 6.07 Å². The summed E-state index contributed by atoms with van der Waals surface area (Å²) in [6.07, 6.45) is -2.22. The molecule has 0 unspecified atom stereocenters. The second kappa shape index (κ2) is 8.38. The molecule has 0 aliphatic carbocycles. The first kappa shape index (κ1) is 12.8. The van der Waals surface area contributed by atoms with Crippen LogP contribution in [0, 0.1) is 11.3 Å². The number of nitrogens with zero attached hydrogens (tertiary/aromatic N) is 1. The zero-order chi connectivity index (χ0) is 10.8. The van der Waals surface area contributed by atoms with Crippen molar-refractivity contribution in [1.29, 1.82) is 5.26 Å². The van der Waals surface area contributed by atoms with E-state index in [2.05, 4.69) is 10.1 Å². The number of nitrogens with one attached hydrogen (secondary N) is 1. The van der Waals surface area contributed by atoms with E-state index < -0.39 is 13.0 Å². The van der Waals surface area contributed by atoms with Crippen LogP contribution in [0.25, 0.3) is 0 Å². The Morgan fingerprint density at radius 2 is 2.29 bits per heavy atom. The van der Waals surface area contributed by atoms with Gasteiger partial charge in [0.25, 0.3) is 6.43 Å². The molecule has 0 saturated heterocycles. The molecule has 14 heavy (non-hydrogen) atoms. The second-order valence-corrected chi connectivity index (χ2v) is 2.47. The molecule has 0 aromatic carbocycles. The summed E-state index contributed by atoms with van der Waals surface area (Å²) in [6, 6.07) is 1.86. The van der Waals surface area contributed by atoms with Gasteiger partial charge in [-0.05, 0) is 0 Å². The third-order valence-corrected chi connectivity index (χ3v) is 1.28. The van der Waals surface area contributed by atoms with Crippen LogP contribution >= 0.6 is 0 Å². The fraction of sp³-hybridized carbons (Fsp3) is 0.750. The average molecular weight is 206 g/mol. The quantitative estimate of drug-likeness (QED) is 0.623. The van der Waals surface area contributed by atoms with Gasteiger partial charge in [-0.3, -0.25) is 4.79 Å². The molecule has 0 saturated carbocycles. The van der Waals surface area contributed by atoms with Crippen molar-refractivity contribution >= 4 is 5.91 Å². The number of ether oxygens (including phenoxy) is 1. The summed E-state index contributed by atoms with van der Waals surface area (Å²) in [4.78, 5) is 10.9. The van der Waals surface area contributed by atoms with Gasteiger partial charge in [-0.1, -0.05) is 0 Å². The highest BCUT2D eigenvalue weighted by Crippen LogP contribution is 1.93. The molecular weight excluding hydrogens is 194 g/mol. The topological polar surface area (TPSA) is 62.1 Å². The molecule has 1 N–H and O–H groups in total. The maximum Gasteiger partial charge on any atom is 0.261 e. The minimum atomic E-state index is -2.50. The van der Waals surface area contributed by atoms with E-state index in [1.54, 1.807) is 0 Å². The summed E-state index contributed by atoms with van der Waals surface area (Å²) in [6.45, 7) is -0.390. The van der Waals surface area contributed by atoms with Crippen LogP contribution in [0.3, 0.4) is 0 Å². The number of nitriles is 1. The first-order valence-electron chi connectivity index (χ1n) is 4.16. The fourth-order valence-electron chi connectivity index (χ4n) is 0.683. The summed E-state index contributed by atoms with van der Waals surface area (Å²) >= 11 is 0. The van der Waals surface area contributed by atoms with E-state index in [9.17, 15) is 13.6 Å². The fourth-order valence-corrected chi connectivity index (χ4v) is 0.683. The molecule has 0 aliphatic rings. The molecule has 0 aromatic heterocycles. The van der Waals surface area contributed by atoms with Crippen LogP contribution in [-0.2, 0) is 9.53 Å². The van der Waals surface area contributed by atoms with Crippen molar-refractivity contribution in [3.05, 3.63) is 0 Å². The Labute approximate surface area is 80.8 Å². The highest BCUT2D eigenvalue weighted by atomic mass is 19.3. The number of halogens is 2. The van der Waals surface area contributed by atoms with E-state index in [0.29, 0.717) is 0 Å². The SMILES string of the molecule is N#CCCNC(=O)CCOCC(F)F. The van der Waals surface area contributed by atoms with E-state index >= 15 is 0 Å². The largest absolute Gasteiger partial charge is 0.375 e. The minimum absolute atomic E-state index is 0.0251. The number of carbonyl (C=O) groups is 1. The molecule has 0 spiro atoms. The van der Waals surface area contributed by atoms with Crippen LogP contribution in [0.15, 0.2) is 0 Å². The van der Waals surface area contributed by atoms with Gasteiger partial charge in [0.2, 0.25) is 5.91 Å². The van der Waals surface area contributed by atoms with Crippen LogP contribution in [0.1, 0.15) is 12.8 Å². The van der Waals surface area contributed by atoms with Gasteiger partial charge in [0.05, 0.1) is 19.1 Å². The molecule has 0 aromatic rings. The predicted octanol–water partition coefficient (Wildman–Crippen LogP) is 0.688. The smallest absolute Gasteiger partial charge is 0.261 e. The highest BCUT2D eigenvalue weighted by molar-refractivity contribution is 5.75. The standard InChI is InChI=1S/C8H12F2N2O2/c9-7(10)6-14-5-2-8(13)12-4-1-3-11/h7H,1-2,4-6H2,(H,12,13). The van der Waals surface area contributed by atoms with Crippen LogP contribution in [0.4, 0.5) is 8.78 Å². The lowest BCUT2D eigenvalue weighted by molar-refractivity contribution is -0.122. The van der Waals surface area contributed by atoms with E-state index in [-0.39, 0.29) is 31.9 Å². The molecule has 0 radical (unpaired) electrons. The van der Waals surface area contributed by atoms with Crippen molar-refractivity contribution in [1.82, 2.24) is 5.32 Å². The van der Waals surface area contributed by atoms with Crippen molar-refractivity contribution in [2.75, 3.05) is 19.8 Å². The van der Waals surface area contributed by atoms with Gasteiger partial charge in [-0.2, -0.15) is 5.26 Å². The van der Waals surface area contributed by atoms with Crippen molar-refractivity contribution in [2.45, 2.75) is 19.3 Å². The maximum absolute atomic E-state index is 11.5. The van der Waals surface area contributed by atoms with Gasteiger partial charge in [0.1, 0.15) is 6.61 Å². The second-order valence-electron chi connectivity index (χ2n) is 2.47. The van der Waals surface area contributed by atoms with E-state index in [4.69, 9.17) is 5.26 Å². The van der Waals surface area contributed by atoms with Crippen molar-refractivity contribution in [2.24, 2.45) is 0 Å². The average Bonchev–Trinajstić information content (AvgIpc) is 2.13. The van der Waals surface area contributed by atoms with E-state index in [1.165, 1.54) is 0 Å². The molecular formula is C8H12F2N2O2. The molecule has 6 heteroatoms. The summed E-state index contributed by atoms with van der Waals surface area (Å²) in [5, 5.41) is 10.6. The Morgan fingerprint density at radius 3 is 2.86 bits per heavy atom. The Kier molecular flexibility index (Phi) is 7.65. The third-order valence-electron chi connectivity index (χ3n) is 1.28. The number of amides is 1. The molecule has 0 atom stereocenters. The van der Waals surface area contributed by atoms with Gasteiger partial charge in [-0.25, -0.2) is 8.78 Å². The lowest BCUT2D eigenvalue weighted by Crippen LogP contribution is -2.25. The maximum atomic E-state index is 11.5. The summed E-state index contributed by atoms with van der Waals surface area (Å²) < 4.78 is 27.6. The van der Waals surface area contributed by atoms with Crippen LogP contribution in [0.2, 0.25) is 0 Å². The minimum Gasteiger partial charge on any atom is -0.375 e. The zero-order valence-electron chi connectivity index (χ0n) is 7.63. The van der Waals surface area contributed by atoms with Gasteiger partial charge in [0.15, 0.2) is 0 Å². The van der Waals surface area contributed by atoms with Crippen molar-refractivity contribution in [3.8, 4) is 6.07 Å². The predicted molar refractivity (Wildman–Crippen MR) is 44.7 cm³/mol. The third kappa shape index (κ3) is 8.87. The number of alkyl halides is 2. The molecule has 4 nitrogen and oxygen atoms in total. The van der Waals surface area contributed by atoms with Crippen molar-refractivity contribution < 1.29 is 18.3 Å². The summed E-state index contributed by atoms with van der Waals surface area (Å²) in [5.41, 5.74) is 0. The summed E-state index contributed by atoms with van der Waals surface area (Å²) in [7, 11) is 0. The van der Waals surface area contributed by atoms with Gasteiger partial charge < -0.3 is 10.1 Å². The molecule has 0 fully saturated rings. The number of hydrogen-bond donors (Lipinski definition) is 1. The molecule has 1 amide bonds. The molecule has 0 heterocycles. The van der Waals surface area contributed by atoms with Crippen LogP contribution < -0.4 is 5.32 Å². The van der Waals surface area contributed by atoms with Gasteiger partial charge in [-0.15, -0.1) is 0 Å². The first-order valence-corrected chi connectivity index (χ1v) is 4.16. The number of rotatable bonds is 7. The monoisotopic (exact) mass is 206 g/mol. The van der Waals surface area contributed by atoms with E-state index in [0.717, 1.165) is 0 Å². The number of hydrogen-bond acceptors (Lipinski definition) is 3. The first-order chi connectivity index (χ1) is 6.66. The van der Waals surface area contributed by atoms with Gasteiger partial charge in [0, 0.05) is 13.0 Å². The molecule has 0 bridgehead atoms. The highest BCUT2D eigenvalue weighted by Gasteiger charge is 2.03. The van der Waals surface area contributed by atoms with Gasteiger partial charge >= 0.3 is 0 Å².